The molecule has 0 aromatic rings. The van der Waals surface area contributed by atoms with Crippen LogP contribution in [-0.2, 0) is 9.47 Å². The molecule has 0 bridgehead atoms. The van der Waals surface area contributed by atoms with Crippen LogP contribution in [0.3, 0.4) is 0 Å². The van der Waals surface area contributed by atoms with Gasteiger partial charge in [0.25, 0.3) is 0 Å². The molecule has 14 heavy (non-hydrogen) atoms. The third-order valence-corrected chi connectivity index (χ3v) is 2.92. The standard InChI is InChI=1S/C11H19NO2/c1-13-8-9-14-7-3-6-11(10-12)4-2-5-11/h2-9H2,1H3. The SMILES string of the molecule is COCCOCCCC1(C#N)CCC1. The van der Waals surface area contributed by atoms with E-state index >= 15 is 0 Å². The molecule has 1 rings (SSSR count). The van der Waals surface area contributed by atoms with Gasteiger partial charge in [-0.2, -0.15) is 5.26 Å². The van der Waals surface area contributed by atoms with E-state index in [1.54, 1.807) is 7.11 Å². The third kappa shape index (κ3) is 3.28. The second-order valence-electron chi connectivity index (χ2n) is 3.95. The van der Waals surface area contributed by atoms with Gasteiger partial charge in [0.05, 0.1) is 24.7 Å². The molecular weight excluding hydrogens is 178 g/mol. The Morgan fingerprint density at radius 1 is 1.29 bits per heavy atom. The van der Waals surface area contributed by atoms with E-state index < -0.39 is 0 Å². The maximum atomic E-state index is 8.97. The molecule has 1 saturated carbocycles. The predicted molar refractivity (Wildman–Crippen MR) is 53.8 cm³/mol. The maximum Gasteiger partial charge on any atom is 0.0700 e. The van der Waals surface area contributed by atoms with Crippen LogP contribution in [0.1, 0.15) is 32.1 Å². The Labute approximate surface area is 86.0 Å². The lowest BCUT2D eigenvalue weighted by Gasteiger charge is -2.35. The number of nitrogens with zero attached hydrogens (tertiary/aromatic N) is 1. The minimum atomic E-state index is 0.00458. The largest absolute Gasteiger partial charge is 0.382 e. The van der Waals surface area contributed by atoms with Crippen LogP contribution >= 0.6 is 0 Å². The van der Waals surface area contributed by atoms with Crippen molar-refractivity contribution in [2.24, 2.45) is 5.41 Å². The monoisotopic (exact) mass is 197 g/mol. The average Bonchev–Trinajstić information content (AvgIpc) is 2.15. The Bertz CT molecular complexity index is 194. The minimum absolute atomic E-state index is 0.00458. The first kappa shape index (κ1) is 11.5. The number of hydrogen-bond acceptors (Lipinski definition) is 3. The van der Waals surface area contributed by atoms with Crippen LogP contribution in [0.4, 0.5) is 0 Å². The molecule has 0 atom stereocenters. The van der Waals surface area contributed by atoms with Crippen molar-refractivity contribution < 1.29 is 9.47 Å². The summed E-state index contributed by atoms with van der Waals surface area (Å²) in [6.07, 6.45) is 5.38. The first-order chi connectivity index (χ1) is 6.83. The fourth-order valence-corrected chi connectivity index (χ4v) is 1.78. The topological polar surface area (TPSA) is 42.2 Å². The lowest BCUT2D eigenvalue weighted by Crippen LogP contribution is -2.27. The highest BCUT2D eigenvalue weighted by Gasteiger charge is 2.36. The Morgan fingerprint density at radius 3 is 2.57 bits per heavy atom. The smallest absolute Gasteiger partial charge is 0.0700 e. The predicted octanol–water partition coefficient (Wildman–Crippen LogP) is 2.12. The fourth-order valence-electron chi connectivity index (χ4n) is 1.78. The van der Waals surface area contributed by atoms with Crippen molar-refractivity contribution in [3.05, 3.63) is 0 Å². The van der Waals surface area contributed by atoms with Crippen LogP contribution in [0.15, 0.2) is 0 Å². The molecule has 0 aromatic heterocycles. The zero-order chi connectivity index (χ0) is 10.3. The summed E-state index contributed by atoms with van der Waals surface area (Å²) in [5, 5.41) is 8.97. The van der Waals surface area contributed by atoms with Crippen molar-refractivity contribution in [2.75, 3.05) is 26.9 Å². The molecule has 1 fully saturated rings. The van der Waals surface area contributed by atoms with Crippen molar-refractivity contribution in [3.8, 4) is 6.07 Å². The third-order valence-electron chi connectivity index (χ3n) is 2.92. The van der Waals surface area contributed by atoms with E-state index in [9.17, 15) is 0 Å². The molecule has 3 heteroatoms. The van der Waals surface area contributed by atoms with Gasteiger partial charge in [-0.1, -0.05) is 6.42 Å². The first-order valence-corrected chi connectivity index (χ1v) is 5.31. The van der Waals surface area contributed by atoms with E-state index in [0.717, 1.165) is 32.3 Å². The molecule has 0 spiro atoms. The Hall–Kier alpha value is -0.590. The van der Waals surface area contributed by atoms with Crippen molar-refractivity contribution in [2.45, 2.75) is 32.1 Å². The van der Waals surface area contributed by atoms with Crippen molar-refractivity contribution in [1.29, 1.82) is 5.26 Å². The van der Waals surface area contributed by atoms with Crippen LogP contribution in [0.2, 0.25) is 0 Å². The van der Waals surface area contributed by atoms with Crippen LogP contribution in [-0.4, -0.2) is 26.9 Å². The van der Waals surface area contributed by atoms with E-state index in [4.69, 9.17) is 14.7 Å². The van der Waals surface area contributed by atoms with Crippen LogP contribution in [0, 0.1) is 16.7 Å². The van der Waals surface area contributed by atoms with Crippen LogP contribution < -0.4 is 0 Å². The van der Waals surface area contributed by atoms with Gasteiger partial charge in [-0.05, 0) is 25.7 Å². The molecule has 0 N–H and O–H groups in total. The Balaban J connectivity index is 1.96. The summed E-state index contributed by atoms with van der Waals surface area (Å²) in [4.78, 5) is 0. The van der Waals surface area contributed by atoms with Crippen molar-refractivity contribution in [3.63, 3.8) is 0 Å². The van der Waals surface area contributed by atoms with Gasteiger partial charge >= 0.3 is 0 Å². The van der Waals surface area contributed by atoms with Gasteiger partial charge in [0.15, 0.2) is 0 Å². The zero-order valence-electron chi connectivity index (χ0n) is 8.92. The Kier molecular flexibility index (Phi) is 4.92. The minimum Gasteiger partial charge on any atom is -0.382 e. The van der Waals surface area contributed by atoms with Gasteiger partial charge in [-0.25, -0.2) is 0 Å². The summed E-state index contributed by atoms with van der Waals surface area (Å²) in [6, 6.07) is 2.44. The molecule has 0 amide bonds. The molecule has 0 aromatic carbocycles. The second-order valence-corrected chi connectivity index (χ2v) is 3.95. The van der Waals surface area contributed by atoms with E-state index in [1.165, 1.54) is 6.42 Å². The fraction of sp³-hybridized carbons (Fsp3) is 0.909. The quantitative estimate of drug-likeness (QED) is 0.587. The number of nitriles is 1. The highest BCUT2D eigenvalue weighted by atomic mass is 16.5. The summed E-state index contributed by atoms with van der Waals surface area (Å²) < 4.78 is 10.2. The van der Waals surface area contributed by atoms with Gasteiger partial charge in [0.1, 0.15) is 0 Å². The molecule has 0 unspecified atom stereocenters. The molecule has 0 saturated heterocycles. The maximum absolute atomic E-state index is 8.97. The Morgan fingerprint density at radius 2 is 2.07 bits per heavy atom. The number of rotatable bonds is 7. The number of methoxy groups -OCH3 is 1. The van der Waals surface area contributed by atoms with Crippen LogP contribution in [0.25, 0.3) is 0 Å². The van der Waals surface area contributed by atoms with Gasteiger partial charge in [0.2, 0.25) is 0 Å². The van der Waals surface area contributed by atoms with Gasteiger partial charge in [-0.15, -0.1) is 0 Å². The summed E-state index contributed by atoms with van der Waals surface area (Å²) in [7, 11) is 1.67. The lowest BCUT2D eigenvalue weighted by atomic mass is 9.67. The van der Waals surface area contributed by atoms with E-state index in [-0.39, 0.29) is 5.41 Å². The van der Waals surface area contributed by atoms with Gasteiger partial charge in [0, 0.05) is 13.7 Å². The molecular formula is C11H19NO2. The highest BCUT2D eigenvalue weighted by molar-refractivity contribution is 5.04. The summed E-state index contributed by atoms with van der Waals surface area (Å²) in [6.45, 7) is 2.08. The average molecular weight is 197 g/mol. The molecule has 0 radical (unpaired) electrons. The van der Waals surface area contributed by atoms with Gasteiger partial charge in [-0.3, -0.25) is 0 Å². The van der Waals surface area contributed by atoms with Crippen molar-refractivity contribution >= 4 is 0 Å². The molecule has 3 nitrogen and oxygen atoms in total. The van der Waals surface area contributed by atoms with Gasteiger partial charge < -0.3 is 9.47 Å². The normalized spacial score (nSPS) is 18.6. The lowest BCUT2D eigenvalue weighted by molar-refractivity contribution is 0.0614. The van der Waals surface area contributed by atoms with Crippen molar-refractivity contribution in [1.82, 2.24) is 0 Å². The van der Waals surface area contributed by atoms with E-state index in [1.807, 2.05) is 0 Å². The number of ether oxygens (including phenoxy) is 2. The van der Waals surface area contributed by atoms with Crippen LogP contribution in [0.5, 0.6) is 0 Å². The van der Waals surface area contributed by atoms with E-state index in [2.05, 4.69) is 6.07 Å². The second kappa shape index (κ2) is 6.00. The molecule has 1 aliphatic rings. The van der Waals surface area contributed by atoms with E-state index in [0.29, 0.717) is 13.2 Å². The molecule has 0 heterocycles. The molecule has 0 aliphatic heterocycles. The summed E-state index contributed by atoms with van der Waals surface area (Å²) >= 11 is 0. The summed E-state index contributed by atoms with van der Waals surface area (Å²) in [5.41, 5.74) is 0.00458. The zero-order valence-corrected chi connectivity index (χ0v) is 8.92. The summed E-state index contributed by atoms with van der Waals surface area (Å²) in [5.74, 6) is 0. The highest BCUT2D eigenvalue weighted by Crippen LogP contribution is 2.43. The number of hydrogen-bond donors (Lipinski definition) is 0. The molecule has 1 aliphatic carbocycles. The molecule has 80 valence electrons. The first-order valence-electron chi connectivity index (χ1n) is 5.31.